The molecule has 1 fully saturated rings. The molecule has 2 heterocycles. The molecule has 1 aliphatic heterocycles. The van der Waals surface area contributed by atoms with Gasteiger partial charge in [-0.05, 0) is 29.2 Å². The van der Waals surface area contributed by atoms with Gasteiger partial charge in [0.1, 0.15) is 12.0 Å². The SMILES string of the molecule is CC(C)c1ccc(/C=C/C(=O)N2CCN(c3ccc([N+](=O)[O-])cn3)CC2)cc1. The van der Waals surface area contributed by atoms with Crippen molar-refractivity contribution in [3.05, 3.63) is 69.9 Å². The van der Waals surface area contributed by atoms with Gasteiger partial charge in [0.25, 0.3) is 5.69 Å². The minimum atomic E-state index is -0.462. The maximum atomic E-state index is 12.4. The van der Waals surface area contributed by atoms with Crippen molar-refractivity contribution in [2.75, 3.05) is 31.1 Å². The van der Waals surface area contributed by atoms with Crippen molar-refractivity contribution < 1.29 is 9.72 Å². The number of hydrogen-bond acceptors (Lipinski definition) is 5. The summed E-state index contributed by atoms with van der Waals surface area (Å²) in [5.41, 5.74) is 2.26. The zero-order valence-electron chi connectivity index (χ0n) is 16.1. The van der Waals surface area contributed by atoms with E-state index in [1.54, 1.807) is 17.0 Å². The van der Waals surface area contributed by atoms with Gasteiger partial charge in [0.2, 0.25) is 5.91 Å². The van der Waals surface area contributed by atoms with E-state index < -0.39 is 4.92 Å². The number of nitro groups is 1. The van der Waals surface area contributed by atoms with E-state index in [0.29, 0.717) is 37.9 Å². The van der Waals surface area contributed by atoms with Crippen LogP contribution in [-0.2, 0) is 4.79 Å². The quantitative estimate of drug-likeness (QED) is 0.451. The smallest absolute Gasteiger partial charge is 0.287 e. The largest absolute Gasteiger partial charge is 0.353 e. The maximum Gasteiger partial charge on any atom is 0.287 e. The van der Waals surface area contributed by atoms with Crippen molar-refractivity contribution in [3.63, 3.8) is 0 Å². The molecule has 0 saturated carbocycles. The van der Waals surface area contributed by atoms with Gasteiger partial charge in [-0.25, -0.2) is 4.98 Å². The number of nitrogens with zero attached hydrogens (tertiary/aromatic N) is 4. The number of carbonyl (C=O) groups is 1. The maximum absolute atomic E-state index is 12.4. The average Bonchev–Trinajstić information content (AvgIpc) is 2.72. The first-order valence-corrected chi connectivity index (χ1v) is 9.36. The van der Waals surface area contributed by atoms with E-state index in [9.17, 15) is 14.9 Å². The Labute approximate surface area is 164 Å². The summed E-state index contributed by atoms with van der Waals surface area (Å²) in [6, 6.07) is 11.3. The summed E-state index contributed by atoms with van der Waals surface area (Å²) >= 11 is 0. The molecule has 1 amide bonds. The summed E-state index contributed by atoms with van der Waals surface area (Å²) in [7, 11) is 0. The minimum absolute atomic E-state index is 0.00996. The van der Waals surface area contributed by atoms with Crippen LogP contribution in [0.4, 0.5) is 11.5 Å². The van der Waals surface area contributed by atoms with E-state index in [-0.39, 0.29) is 11.6 Å². The van der Waals surface area contributed by atoms with Crippen LogP contribution in [0, 0.1) is 10.1 Å². The first-order chi connectivity index (χ1) is 13.4. The molecular formula is C21H24N4O3. The molecule has 0 atom stereocenters. The molecule has 0 aliphatic carbocycles. The van der Waals surface area contributed by atoms with Crippen molar-refractivity contribution >= 4 is 23.5 Å². The van der Waals surface area contributed by atoms with Crippen LogP contribution < -0.4 is 4.90 Å². The second-order valence-electron chi connectivity index (χ2n) is 7.10. The summed E-state index contributed by atoms with van der Waals surface area (Å²) in [5.74, 6) is 1.17. The van der Waals surface area contributed by atoms with Gasteiger partial charge in [-0.2, -0.15) is 0 Å². The zero-order chi connectivity index (χ0) is 20.1. The van der Waals surface area contributed by atoms with Gasteiger partial charge in [0, 0.05) is 38.3 Å². The highest BCUT2D eigenvalue weighted by atomic mass is 16.6. The Morgan fingerprint density at radius 2 is 1.79 bits per heavy atom. The molecular weight excluding hydrogens is 356 g/mol. The molecule has 0 unspecified atom stereocenters. The fraction of sp³-hybridized carbons (Fsp3) is 0.333. The van der Waals surface area contributed by atoms with Crippen molar-refractivity contribution in [2.45, 2.75) is 19.8 Å². The number of anilines is 1. The second-order valence-corrected chi connectivity index (χ2v) is 7.10. The topological polar surface area (TPSA) is 79.6 Å². The predicted octanol–water partition coefficient (Wildman–Crippen LogP) is 3.48. The number of pyridine rings is 1. The van der Waals surface area contributed by atoms with Gasteiger partial charge in [-0.1, -0.05) is 38.1 Å². The number of carbonyl (C=O) groups excluding carboxylic acids is 1. The molecule has 0 N–H and O–H groups in total. The monoisotopic (exact) mass is 380 g/mol. The Hall–Kier alpha value is -3.22. The fourth-order valence-electron chi connectivity index (χ4n) is 3.09. The average molecular weight is 380 g/mol. The molecule has 1 saturated heterocycles. The van der Waals surface area contributed by atoms with Crippen molar-refractivity contribution in [1.82, 2.24) is 9.88 Å². The van der Waals surface area contributed by atoms with Crippen molar-refractivity contribution in [2.24, 2.45) is 0 Å². The van der Waals surface area contributed by atoms with Crippen LogP contribution in [0.5, 0.6) is 0 Å². The number of benzene rings is 1. The lowest BCUT2D eigenvalue weighted by Crippen LogP contribution is -2.48. The number of rotatable bonds is 5. The van der Waals surface area contributed by atoms with E-state index in [1.165, 1.54) is 17.8 Å². The first-order valence-electron chi connectivity index (χ1n) is 9.36. The second kappa shape index (κ2) is 8.65. The number of aromatic nitrogens is 1. The Bertz CT molecular complexity index is 852. The van der Waals surface area contributed by atoms with Gasteiger partial charge in [0.05, 0.1) is 4.92 Å². The molecule has 1 aliphatic rings. The third-order valence-electron chi connectivity index (χ3n) is 4.88. The van der Waals surface area contributed by atoms with Crippen LogP contribution in [0.15, 0.2) is 48.7 Å². The van der Waals surface area contributed by atoms with E-state index in [2.05, 4.69) is 31.0 Å². The Morgan fingerprint density at radius 1 is 1.11 bits per heavy atom. The van der Waals surface area contributed by atoms with E-state index in [0.717, 1.165) is 5.56 Å². The molecule has 146 valence electrons. The van der Waals surface area contributed by atoms with E-state index in [4.69, 9.17) is 0 Å². The van der Waals surface area contributed by atoms with Crippen LogP contribution in [0.25, 0.3) is 6.08 Å². The normalized spacial score (nSPS) is 14.7. The fourth-order valence-corrected chi connectivity index (χ4v) is 3.09. The van der Waals surface area contributed by atoms with Crippen LogP contribution >= 0.6 is 0 Å². The molecule has 2 aromatic rings. The van der Waals surface area contributed by atoms with Crippen molar-refractivity contribution in [1.29, 1.82) is 0 Å². The molecule has 7 heteroatoms. The third kappa shape index (κ3) is 4.73. The highest BCUT2D eigenvalue weighted by Gasteiger charge is 2.21. The summed E-state index contributed by atoms with van der Waals surface area (Å²) in [6.45, 7) is 6.78. The lowest BCUT2D eigenvalue weighted by Gasteiger charge is -2.34. The van der Waals surface area contributed by atoms with Gasteiger partial charge in [-0.3, -0.25) is 14.9 Å². The number of piperazine rings is 1. The Balaban J connectivity index is 1.53. The predicted molar refractivity (Wildman–Crippen MR) is 109 cm³/mol. The van der Waals surface area contributed by atoms with E-state index >= 15 is 0 Å². The van der Waals surface area contributed by atoms with Gasteiger partial charge in [0.15, 0.2) is 0 Å². The summed E-state index contributed by atoms with van der Waals surface area (Å²) in [5, 5.41) is 10.7. The molecule has 0 bridgehead atoms. The summed E-state index contributed by atoms with van der Waals surface area (Å²) < 4.78 is 0. The zero-order valence-corrected chi connectivity index (χ0v) is 16.1. The summed E-state index contributed by atoms with van der Waals surface area (Å²) in [6.07, 6.45) is 4.72. The molecule has 3 rings (SSSR count). The van der Waals surface area contributed by atoms with Crippen LogP contribution in [0.2, 0.25) is 0 Å². The highest BCUT2D eigenvalue weighted by molar-refractivity contribution is 5.92. The van der Waals surface area contributed by atoms with Crippen LogP contribution in [0.3, 0.4) is 0 Å². The Morgan fingerprint density at radius 3 is 2.32 bits per heavy atom. The lowest BCUT2D eigenvalue weighted by molar-refractivity contribution is -0.385. The standard InChI is InChI=1S/C21H24N4O3/c1-16(2)18-6-3-17(4-7-18)5-10-21(26)24-13-11-23(12-14-24)20-9-8-19(15-22-20)25(27)28/h3-10,15-16H,11-14H2,1-2H3/b10-5+. The van der Waals surface area contributed by atoms with Gasteiger partial charge < -0.3 is 9.80 Å². The number of amides is 1. The minimum Gasteiger partial charge on any atom is -0.353 e. The van der Waals surface area contributed by atoms with Crippen LogP contribution in [0.1, 0.15) is 30.9 Å². The Kier molecular flexibility index (Phi) is 6.03. The molecule has 1 aromatic carbocycles. The molecule has 1 aromatic heterocycles. The van der Waals surface area contributed by atoms with Crippen molar-refractivity contribution in [3.8, 4) is 0 Å². The third-order valence-corrected chi connectivity index (χ3v) is 4.88. The molecule has 0 spiro atoms. The van der Waals surface area contributed by atoms with E-state index in [1.807, 2.05) is 23.1 Å². The van der Waals surface area contributed by atoms with Gasteiger partial charge >= 0.3 is 0 Å². The molecule has 7 nitrogen and oxygen atoms in total. The van der Waals surface area contributed by atoms with Crippen LogP contribution in [-0.4, -0.2) is 46.9 Å². The molecule has 28 heavy (non-hydrogen) atoms. The first kappa shape index (κ1) is 19.5. The summed E-state index contributed by atoms with van der Waals surface area (Å²) in [4.78, 5) is 30.7. The highest BCUT2D eigenvalue weighted by Crippen LogP contribution is 2.18. The molecule has 0 radical (unpaired) electrons. The number of hydrogen-bond donors (Lipinski definition) is 0. The lowest BCUT2D eigenvalue weighted by atomic mass is 10.0. The van der Waals surface area contributed by atoms with Gasteiger partial charge in [-0.15, -0.1) is 0 Å².